The minimum atomic E-state index is -0.629. The van der Waals surface area contributed by atoms with Crippen LogP contribution in [0.5, 0.6) is 0 Å². The van der Waals surface area contributed by atoms with E-state index in [9.17, 15) is 9.59 Å². The third-order valence-corrected chi connectivity index (χ3v) is 3.88. The Morgan fingerprint density at radius 1 is 1.47 bits per heavy atom. The highest BCUT2D eigenvalue weighted by Crippen LogP contribution is 2.36. The van der Waals surface area contributed by atoms with E-state index < -0.39 is 11.6 Å². The first-order valence-corrected chi connectivity index (χ1v) is 6.40. The molecule has 0 radical (unpaired) electrons. The van der Waals surface area contributed by atoms with Crippen LogP contribution in [0.3, 0.4) is 0 Å². The van der Waals surface area contributed by atoms with Gasteiger partial charge in [0.15, 0.2) is 0 Å². The van der Waals surface area contributed by atoms with E-state index in [0.717, 1.165) is 25.7 Å². The molecule has 0 bridgehead atoms. The third kappa shape index (κ3) is 2.29. The van der Waals surface area contributed by atoms with Crippen LogP contribution in [-0.2, 0) is 9.59 Å². The molecule has 2 unspecified atom stereocenters. The highest BCUT2D eigenvalue weighted by Gasteiger charge is 2.49. The van der Waals surface area contributed by atoms with Crippen LogP contribution in [0.4, 0.5) is 0 Å². The lowest BCUT2D eigenvalue weighted by Crippen LogP contribution is -2.68. The van der Waals surface area contributed by atoms with Gasteiger partial charge in [-0.2, -0.15) is 0 Å². The molecule has 2 amide bonds. The molecule has 1 spiro atoms. The van der Waals surface area contributed by atoms with Crippen LogP contribution in [0.1, 0.15) is 39.0 Å². The number of nitrogens with one attached hydrogen (secondary N) is 2. The van der Waals surface area contributed by atoms with E-state index in [2.05, 4.69) is 17.6 Å². The molecule has 1 saturated carbocycles. The van der Waals surface area contributed by atoms with Crippen molar-refractivity contribution in [1.82, 2.24) is 10.6 Å². The SMILES string of the molecule is CC1CCC2(C1)NC(=O)[C@H](CCCN)NC2=O. The van der Waals surface area contributed by atoms with Crippen LogP contribution in [-0.4, -0.2) is 29.9 Å². The van der Waals surface area contributed by atoms with Crippen LogP contribution >= 0.6 is 0 Å². The molecule has 2 fully saturated rings. The molecular formula is C12H21N3O2. The van der Waals surface area contributed by atoms with Gasteiger partial charge in [0.2, 0.25) is 11.8 Å². The number of piperazine rings is 1. The predicted octanol–water partition coefficient (Wildman–Crippen LogP) is -0.101. The summed E-state index contributed by atoms with van der Waals surface area (Å²) in [4.78, 5) is 24.1. The molecule has 1 aliphatic heterocycles. The fraction of sp³-hybridized carbons (Fsp3) is 0.833. The molecule has 5 nitrogen and oxygen atoms in total. The summed E-state index contributed by atoms with van der Waals surface area (Å²) in [6.07, 6.45) is 3.90. The number of hydrogen-bond donors (Lipinski definition) is 3. The Morgan fingerprint density at radius 3 is 2.82 bits per heavy atom. The van der Waals surface area contributed by atoms with Crippen molar-refractivity contribution in [3.05, 3.63) is 0 Å². The first-order chi connectivity index (χ1) is 8.07. The van der Waals surface area contributed by atoms with E-state index in [1.807, 2.05) is 0 Å². The number of amides is 2. The summed E-state index contributed by atoms with van der Waals surface area (Å²) in [6.45, 7) is 2.66. The lowest BCUT2D eigenvalue weighted by atomic mass is 9.90. The molecule has 0 aromatic carbocycles. The minimum Gasteiger partial charge on any atom is -0.342 e. The number of carbonyl (C=O) groups is 2. The van der Waals surface area contributed by atoms with Gasteiger partial charge in [0, 0.05) is 0 Å². The molecule has 0 aromatic rings. The maximum Gasteiger partial charge on any atom is 0.246 e. The van der Waals surface area contributed by atoms with Crippen molar-refractivity contribution in [3.8, 4) is 0 Å². The number of rotatable bonds is 3. The second kappa shape index (κ2) is 4.64. The lowest BCUT2D eigenvalue weighted by molar-refractivity contribution is -0.141. The van der Waals surface area contributed by atoms with Crippen molar-refractivity contribution < 1.29 is 9.59 Å². The highest BCUT2D eigenvalue weighted by atomic mass is 16.2. The Bertz CT molecular complexity index is 332. The van der Waals surface area contributed by atoms with Crippen molar-refractivity contribution in [1.29, 1.82) is 0 Å². The molecule has 0 aromatic heterocycles. The Balaban J connectivity index is 2.03. The maximum absolute atomic E-state index is 12.1. The Kier molecular flexibility index (Phi) is 3.38. The minimum absolute atomic E-state index is 0.0107. The van der Waals surface area contributed by atoms with Gasteiger partial charge >= 0.3 is 0 Å². The number of hydrogen-bond acceptors (Lipinski definition) is 3. The zero-order valence-corrected chi connectivity index (χ0v) is 10.3. The molecule has 1 heterocycles. The van der Waals surface area contributed by atoms with Gasteiger partial charge in [-0.25, -0.2) is 0 Å². The summed E-state index contributed by atoms with van der Waals surface area (Å²) >= 11 is 0. The molecule has 1 saturated heterocycles. The van der Waals surface area contributed by atoms with Crippen LogP contribution in [0, 0.1) is 5.92 Å². The summed E-state index contributed by atoms with van der Waals surface area (Å²) in [7, 11) is 0. The summed E-state index contributed by atoms with van der Waals surface area (Å²) in [5, 5.41) is 5.79. The average molecular weight is 239 g/mol. The van der Waals surface area contributed by atoms with Gasteiger partial charge in [0.25, 0.3) is 0 Å². The molecule has 3 atom stereocenters. The summed E-state index contributed by atoms with van der Waals surface area (Å²) in [5.41, 5.74) is 4.79. The largest absolute Gasteiger partial charge is 0.342 e. The molecule has 4 N–H and O–H groups in total. The van der Waals surface area contributed by atoms with Gasteiger partial charge in [-0.05, 0) is 44.6 Å². The number of nitrogens with two attached hydrogens (primary N) is 1. The van der Waals surface area contributed by atoms with Crippen LogP contribution in [0.2, 0.25) is 0 Å². The van der Waals surface area contributed by atoms with Gasteiger partial charge < -0.3 is 16.4 Å². The zero-order chi connectivity index (χ0) is 12.5. The van der Waals surface area contributed by atoms with E-state index in [1.54, 1.807) is 0 Å². The third-order valence-electron chi connectivity index (χ3n) is 3.88. The maximum atomic E-state index is 12.1. The van der Waals surface area contributed by atoms with E-state index in [4.69, 9.17) is 5.73 Å². The fourth-order valence-corrected chi connectivity index (χ4v) is 2.88. The molecule has 96 valence electrons. The van der Waals surface area contributed by atoms with Crippen molar-refractivity contribution in [2.24, 2.45) is 11.7 Å². The van der Waals surface area contributed by atoms with E-state index in [-0.39, 0.29) is 11.8 Å². The van der Waals surface area contributed by atoms with Gasteiger partial charge in [0.05, 0.1) is 0 Å². The molecule has 1 aliphatic carbocycles. The van der Waals surface area contributed by atoms with Gasteiger partial charge in [-0.15, -0.1) is 0 Å². The first kappa shape index (κ1) is 12.4. The monoisotopic (exact) mass is 239 g/mol. The fourth-order valence-electron chi connectivity index (χ4n) is 2.88. The van der Waals surface area contributed by atoms with Crippen LogP contribution in [0.15, 0.2) is 0 Å². The Hall–Kier alpha value is -1.10. The highest BCUT2D eigenvalue weighted by molar-refractivity contribution is 6.00. The first-order valence-electron chi connectivity index (χ1n) is 6.40. The smallest absolute Gasteiger partial charge is 0.246 e. The van der Waals surface area contributed by atoms with Crippen molar-refractivity contribution in [3.63, 3.8) is 0 Å². The molecule has 5 heteroatoms. The zero-order valence-electron chi connectivity index (χ0n) is 10.3. The van der Waals surface area contributed by atoms with Gasteiger partial charge in [-0.3, -0.25) is 9.59 Å². The standard InChI is InChI=1S/C12H21N3O2/c1-8-4-5-12(7-8)11(17)14-9(3-2-6-13)10(16)15-12/h8-9H,2-7,13H2,1H3,(H,14,17)(H,15,16)/t8?,9-,12?/m0/s1. The topological polar surface area (TPSA) is 84.2 Å². The summed E-state index contributed by atoms with van der Waals surface area (Å²) in [5.74, 6) is 0.442. The lowest BCUT2D eigenvalue weighted by Gasteiger charge is -2.37. The molecule has 2 aliphatic rings. The summed E-state index contributed by atoms with van der Waals surface area (Å²) < 4.78 is 0. The molecule has 2 rings (SSSR count). The van der Waals surface area contributed by atoms with E-state index in [0.29, 0.717) is 18.9 Å². The van der Waals surface area contributed by atoms with Gasteiger partial charge in [-0.1, -0.05) is 6.92 Å². The quantitative estimate of drug-likeness (QED) is 0.643. The Morgan fingerprint density at radius 2 is 2.24 bits per heavy atom. The van der Waals surface area contributed by atoms with Gasteiger partial charge in [0.1, 0.15) is 11.6 Å². The summed E-state index contributed by atoms with van der Waals surface area (Å²) in [6, 6.07) is -0.396. The molecule has 17 heavy (non-hydrogen) atoms. The number of carbonyl (C=O) groups excluding carboxylic acids is 2. The Labute approximate surface area is 102 Å². The van der Waals surface area contributed by atoms with Crippen molar-refractivity contribution in [2.45, 2.75) is 50.6 Å². The normalized spacial score (nSPS) is 37.1. The average Bonchev–Trinajstić information content (AvgIpc) is 2.65. The second-order valence-corrected chi connectivity index (χ2v) is 5.38. The van der Waals surface area contributed by atoms with E-state index >= 15 is 0 Å². The van der Waals surface area contributed by atoms with E-state index in [1.165, 1.54) is 0 Å². The predicted molar refractivity (Wildman–Crippen MR) is 64.1 cm³/mol. The van der Waals surface area contributed by atoms with Crippen molar-refractivity contribution >= 4 is 11.8 Å². The van der Waals surface area contributed by atoms with Crippen LogP contribution < -0.4 is 16.4 Å². The molecular weight excluding hydrogens is 218 g/mol. The van der Waals surface area contributed by atoms with Crippen LogP contribution in [0.25, 0.3) is 0 Å². The van der Waals surface area contributed by atoms with Crippen molar-refractivity contribution in [2.75, 3.05) is 6.54 Å². The second-order valence-electron chi connectivity index (χ2n) is 5.38.